The van der Waals surface area contributed by atoms with Crippen LogP contribution < -0.4 is 20.1 Å². The Morgan fingerprint density at radius 3 is 2.38 bits per heavy atom. The first kappa shape index (κ1) is 25.9. The molecule has 0 amide bonds. The lowest BCUT2D eigenvalue weighted by atomic mass is 10.2. The number of nitrogens with zero attached hydrogens (tertiary/aromatic N) is 1. The summed E-state index contributed by atoms with van der Waals surface area (Å²) >= 11 is 18.7. The first-order valence-corrected chi connectivity index (χ1v) is 11.7. The van der Waals surface area contributed by atoms with Crippen LogP contribution in [0.3, 0.4) is 0 Å². The molecule has 0 aliphatic rings. The van der Waals surface area contributed by atoms with E-state index >= 15 is 0 Å². The Balaban J connectivity index is 1.54. The van der Waals surface area contributed by atoms with Crippen LogP contribution in [0.2, 0.25) is 15.1 Å². The van der Waals surface area contributed by atoms with Crippen molar-refractivity contribution >= 4 is 46.2 Å². The standard InChI is InChI=1S/C24H24Cl3N3O4/c1-2-33-23-12-16(14-28-9-10-29-19-5-7-20(8-6-19)30(31)32)11-22(27)24(23)34-15-17-3-4-18(25)13-21(17)26/h3-8,11-13,28-29H,2,9-10,14-15H2,1H3. The van der Waals surface area contributed by atoms with E-state index in [-0.39, 0.29) is 12.3 Å². The molecule has 0 fully saturated rings. The summed E-state index contributed by atoms with van der Waals surface area (Å²) in [7, 11) is 0. The number of hydrogen-bond donors (Lipinski definition) is 2. The zero-order valence-electron chi connectivity index (χ0n) is 18.4. The summed E-state index contributed by atoms with van der Waals surface area (Å²) in [4.78, 5) is 10.3. The fraction of sp³-hybridized carbons (Fsp3) is 0.250. The fourth-order valence-electron chi connectivity index (χ4n) is 3.14. The summed E-state index contributed by atoms with van der Waals surface area (Å²) in [5.74, 6) is 1.01. The molecule has 0 radical (unpaired) electrons. The summed E-state index contributed by atoms with van der Waals surface area (Å²) < 4.78 is 11.7. The Morgan fingerprint density at radius 1 is 0.941 bits per heavy atom. The van der Waals surface area contributed by atoms with Crippen LogP contribution in [0.4, 0.5) is 11.4 Å². The van der Waals surface area contributed by atoms with Gasteiger partial charge in [-0.05, 0) is 48.9 Å². The van der Waals surface area contributed by atoms with E-state index in [1.807, 2.05) is 25.1 Å². The molecule has 0 saturated carbocycles. The van der Waals surface area contributed by atoms with Crippen LogP contribution in [0.5, 0.6) is 11.5 Å². The molecule has 10 heteroatoms. The van der Waals surface area contributed by atoms with Crippen molar-refractivity contribution < 1.29 is 14.4 Å². The zero-order valence-corrected chi connectivity index (χ0v) is 20.7. The first-order valence-electron chi connectivity index (χ1n) is 10.6. The molecule has 0 spiro atoms. The highest BCUT2D eigenvalue weighted by Crippen LogP contribution is 2.37. The van der Waals surface area contributed by atoms with Crippen LogP contribution in [0.15, 0.2) is 54.6 Å². The molecule has 0 unspecified atom stereocenters. The number of hydrogen-bond acceptors (Lipinski definition) is 6. The highest BCUT2D eigenvalue weighted by molar-refractivity contribution is 6.35. The molecule has 0 saturated heterocycles. The van der Waals surface area contributed by atoms with E-state index in [9.17, 15) is 10.1 Å². The molecule has 3 aromatic rings. The van der Waals surface area contributed by atoms with Crippen LogP contribution >= 0.6 is 34.8 Å². The van der Waals surface area contributed by atoms with Gasteiger partial charge < -0.3 is 20.1 Å². The lowest BCUT2D eigenvalue weighted by molar-refractivity contribution is -0.384. The number of rotatable bonds is 12. The average Bonchev–Trinajstić information content (AvgIpc) is 2.80. The smallest absolute Gasteiger partial charge is 0.269 e. The minimum atomic E-state index is -0.421. The molecule has 34 heavy (non-hydrogen) atoms. The number of nitro groups is 1. The Kier molecular flexibility index (Phi) is 9.65. The summed E-state index contributed by atoms with van der Waals surface area (Å²) in [6, 6.07) is 15.3. The van der Waals surface area contributed by atoms with Crippen molar-refractivity contribution in [2.45, 2.75) is 20.1 Å². The zero-order chi connectivity index (χ0) is 24.5. The second-order valence-corrected chi connectivity index (χ2v) is 8.52. The number of halogens is 3. The lowest BCUT2D eigenvalue weighted by Crippen LogP contribution is -2.21. The minimum absolute atomic E-state index is 0.0642. The summed E-state index contributed by atoms with van der Waals surface area (Å²) in [5, 5.41) is 18.8. The van der Waals surface area contributed by atoms with Gasteiger partial charge in [-0.2, -0.15) is 0 Å². The van der Waals surface area contributed by atoms with Gasteiger partial charge >= 0.3 is 0 Å². The molecule has 180 valence electrons. The van der Waals surface area contributed by atoms with E-state index in [2.05, 4.69) is 10.6 Å². The van der Waals surface area contributed by atoms with Gasteiger partial charge in [0, 0.05) is 53.1 Å². The molecule has 7 nitrogen and oxygen atoms in total. The SMILES string of the molecule is CCOc1cc(CNCCNc2ccc([N+](=O)[O-])cc2)cc(Cl)c1OCc1ccc(Cl)cc1Cl. The largest absolute Gasteiger partial charge is 0.490 e. The van der Waals surface area contributed by atoms with E-state index in [1.165, 1.54) is 12.1 Å². The molecule has 3 aromatic carbocycles. The van der Waals surface area contributed by atoms with E-state index in [4.69, 9.17) is 44.3 Å². The monoisotopic (exact) mass is 523 g/mol. The van der Waals surface area contributed by atoms with Gasteiger partial charge in [0.15, 0.2) is 11.5 Å². The van der Waals surface area contributed by atoms with Crippen LogP contribution in [0.25, 0.3) is 0 Å². The summed E-state index contributed by atoms with van der Waals surface area (Å²) in [6.07, 6.45) is 0. The number of benzene rings is 3. The van der Waals surface area contributed by atoms with Crippen molar-refractivity contribution in [2.24, 2.45) is 0 Å². The van der Waals surface area contributed by atoms with Gasteiger partial charge in [0.2, 0.25) is 0 Å². The normalized spacial score (nSPS) is 10.7. The molecular formula is C24H24Cl3N3O4. The summed E-state index contributed by atoms with van der Waals surface area (Å²) in [5.41, 5.74) is 2.61. The molecule has 0 aliphatic heterocycles. The highest BCUT2D eigenvalue weighted by atomic mass is 35.5. The van der Waals surface area contributed by atoms with Crippen LogP contribution in [-0.4, -0.2) is 24.6 Å². The molecule has 3 rings (SSSR count). The third-order valence-corrected chi connectivity index (χ3v) is 5.66. The fourth-order valence-corrected chi connectivity index (χ4v) is 3.89. The first-order chi connectivity index (χ1) is 16.4. The number of non-ortho nitro benzene ring substituents is 1. The maximum atomic E-state index is 10.7. The van der Waals surface area contributed by atoms with Gasteiger partial charge in [0.25, 0.3) is 5.69 Å². The third kappa shape index (κ3) is 7.40. The van der Waals surface area contributed by atoms with E-state index in [0.29, 0.717) is 52.8 Å². The number of ether oxygens (including phenoxy) is 2. The number of nitro benzene ring substituents is 1. The van der Waals surface area contributed by atoms with Crippen molar-refractivity contribution in [1.82, 2.24) is 5.32 Å². The van der Waals surface area contributed by atoms with Gasteiger partial charge in [0.05, 0.1) is 16.6 Å². The number of anilines is 1. The van der Waals surface area contributed by atoms with E-state index < -0.39 is 4.92 Å². The van der Waals surface area contributed by atoms with Crippen LogP contribution in [0, 0.1) is 10.1 Å². The molecule has 0 aliphatic carbocycles. The van der Waals surface area contributed by atoms with Gasteiger partial charge in [-0.1, -0.05) is 40.9 Å². The van der Waals surface area contributed by atoms with Crippen molar-refractivity contribution in [3.8, 4) is 11.5 Å². The van der Waals surface area contributed by atoms with Crippen LogP contribution in [0.1, 0.15) is 18.1 Å². The number of nitrogens with one attached hydrogen (secondary N) is 2. The molecule has 0 bridgehead atoms. The average molecular weight is 525 g/mol. The van der Waals surface area contributed by atoms with Gasteiger partial charge in [-0.25, -0.2) is 0 Å². The van der Waals surface area contributed by atoms with E-state index in [0.717, 1.165) is 16.8 Å². The quantitative estimate of drug-likeness (QED) is 0.155. The highest BCUT2D eigenvalue weighted by Gasteiger charge is 2.14. The lowest BCUT2D eigenvalue weighted by Gasteiger charge is -2.16. The second-order valence-electron chi connectivity index (χ2n) is 7.27. The molecular weight excluding hydrogens is 501 g/mol. The Labute approximate surface area is 213 Å². The topological polar surface area (TPSA) is 85.7 Å². The Morgan fingerprint density at radius 2 is 1.71 bits per heavy atom. The summed E-state index contributed by atoms with van der Waals surface area (Å²) in [6.45, 7) is 4.47. The maximum Gasteiger partial charge on any atom is 0.269 e. The van der Waals surface area contributed by atoms with Gasteiger partial charge in [-0.3, -0.25) is 10.1 Å². The minimum Gasteiger partial charge on any atom is -0.490 e. The molecule has 2 N–H and O–H groups in total. The third-order valence-electron chi connectivity index (χ3n) is 4.79. The molecule has 0 atom stereocenters. The van der Waals surface area contributed by atoms with Crippen molar-refractivity contribution in [3.63, 3.8) is 0 Å². The molecule has 0 heterocycles. The van der Waals surface area contributed by atoms with Gasteiger partial charge in [-0.15, -0.1) is 0 Å². The van der Waals surface area contributed by atoms with Crippen molar-refractivity contribution in [2.75, 3.05) is 25.0 Å². The van der Waals surface area contributed by atoms with Crippen LogP contribution in [-0.2, 0) is 13.2 Å². The second kappa shape index (κ2) is 12.7. The molecule has 0 aromatic heterocycles. The Bertz CT molecular complexity index is 1130. The van der Waals surface area contributed by atoms with Crippen molar-refractivity contribution in [1.29, 1.82) is 0 Å². The predicted octanol–water partition coefficient (Wildman–Crippen LogP) is 6.73. The Hall–Kier alpha value is -2.71. The van der Waals surface area contributed by atoms with E-state index in [1.54, 1.807) is 24.3 Å². The maximum absolute atomic E-state index is 10.7. The van der Waals surface area contributed by atoms with Gasteiger partial charge in [0.1, 0.15) is 6.61 Å². The predicted molar refractivity (Wildman–Crippen MR) is 137 cm³/mol. The van der Waals surface area contributed by atoms with Crippen molar-refractivity contribution in [3.05, 3.63) is 90.9 Å².